The Morgan fingerprint density at radius 2 is 2.11 bits per heavy atom. The van der Waals surface area contributed by atoms with Gasteiger partial charge in [-0.1, -0.05) is 0 Å². The SMILES string of the molecule is N#CCc1ncncn1. The van der Waals surface area contributed by atoms with Crippen LogP contribution in [-0.2, 0) is 6.42 Å². The minimum Gasteiger partial charge on any atom is -0.225 e. The molecule has 0 aromatic carbocycles. The third-order valence-corrected chi connectivity index (χ3v) is 0.784. The van der Waals surface area contributed by atoms with Gasteiger partial charge in [0.25, 0.3) is 0 Å². The predicted octanol–water partition coefficient (Wildman–Crippen LogP) is -0.0623. The van der Waals surface area contributed by atoms with Gasteiger partial charge in [0.15, 0.2) is 0 Å². The number of hydrogen-bond acceptors (Lipinski definition) is 4. The molecule has 0 fully saturated rings. The number of nitriles is 1. The van der Waals surface area contributed by atoms with Gasteiger partial charge in [0.05, 0.1) is 12.5 Å². The Morgan fingerprint density at radius 3 is 2.67 bits per heavy atom. The van der Waals surface area contributed by atoms with Crippen LogP contribution < -0.4 is 0 Å². The number of rotatable bonds is 1. The fourth-order valence-electron chi connectivity index (χ4n) is 0.425. The van der Waals surface area contributed by atoms with Crippen LogP contribution in [-0.4, -0.2) is 15.0 Å². The smallest absolute Gasteiger partial charge is 0.145 e. The monoisotopic (exact) mass is 120 g/mol. The van der Waals surface area contributed by atoms with Gasteiger partial charge >= 0.3 is 0 Å². The highest BCUT2D eigenvalue weighted by Crippen LogP contribution is 1.82. The summed E-state index contributed by atoms with van der Waals surface area (Å²) in [5.74, 6) is 0.521. The molecule has 0 aliphatic heterocycles. The van der Waals surface area contributed by atoms with Crippen molar-refractivity contribution in [1.29, 1.82) is 5.26 Å². The van der Waals surface area contributed by atoms with Gasteiger partial charge in [-0.2, -0.15) is 5.26 Å². The Bertz CT molecular complexity index is 212. The first-order valence-corrected chi connectivity index (χ1v) is 2.41. The van der Waals surface area contributed by atoms with E-state index in [1.165, 1.54) is 12.7 Å². The summed E-state index contributed by atoms with van der Waals surface area (Å²) in [5.41, 5.74) is 0. The first-order valence-electron chi connectivity index (χ1n) is 2.41. The molecular weight excluding hydrogens is 116 g/mol. The predicted molar refractivity (Wildman–Crippen MR) is 29.1 cm³/mol. The lowest BCUT2D eigenvalue weighted by molar-refractivity contribution is 0.936. The zero-order valence-corrected chi connectivity index (χ0v) is 4.65. The van der Waals surface area contributed by atoms with Gasteiger partial charge in [-0.25, -0.2) is 15.0 Å². The van der Waals surface area contributed by atoms with Gasteiger partial charge in [0.1, 0.15) is 18.5 Å². The molecule has 4 nitrogen and oxygen atoms in total. The largest absolute Gasteiger partial charge is 0.225 e. The average molecular weight is 120 g/mol. The van der Waals surface area contributed by atoms with Crippen LogP contribution in [0.25, 0.3) is 0 Å². The van der Waals surface area contributed by atoms with Crippen molar-refractivity contribution >= 4 is 0 Å². The Morgan fingerprint density at radius 1 is 1.44 bits per heavy atom. The molecule has 44 valence electrons. The fourth-order valence-corrected chi connectivity index (χ4v) is 0.425. The van der Waals surface area contributed by atoms with Crippen molar-refractivity contribution in [2.24, 2.45) is 0 Å². The quantitative estimate of drug-likeness (QED) is 0.520. The first kappa shape index (κ1) is 5.63. The van der Waals surface area contributed by atoms with E-state index in [9.17, 15) is 0 Å². The van der Waals surface area contributed by atoms with E-state index in [1.54, 1.807) is 0 Å². The topological polar surface area (TPSA) is 62.5 Å². The van der Waals surface area contributed by atoms with Crippen molar-refractivity contribution < 1.29 is 0 Å². The van der Waals surface area contributed by atoms with E-state index in [-0.39, 0.29) is 6.42 Å². The van der Waals surface area contributed by atoms with Crippen LogP contribution >= 0.6 is 0 Å². The normalized spacial score (nSPS) is 8.33. The molecule has 0 saturated carbocycles. The van der Waals surface area contributed by atoms with Crippen LogP contribution in [0.15, 0.2) is 12.7 Å². The zero-order chi connectivity index (χ0) is 6.53. The van der Waals surface area contributed by atoms with Crippen molar-refractivity contribution in [3.63, 3.8) is 0 Å². The molecule has 1 heterocycles. The number of nitrogens with zero attached hydrogens (tertiary/aromatic N) is 4. The van der Waals surface area contributed by atoms with E-state index < -0.39 is 0 Å². The summed E-state index contributed by atoms with van der Waals surface area (Å²) in [7, 11) is 0. The van der Waals surface area contributed by atoms with E-state index >= 15 is 0 Å². The van der Waals surface area contributed by atoms with Crippen LogP contribution in [0.5, 0.6) is 0 Å². The Balaban J connectivity index is 2.76. The molecule has 1 rings (SSSR count). The van der Waals surface area contributed by atoms with Crippen molar-refractivity contribution in [3.8, 4) is 6.07 Å². The minimum absolute atomic E-state index is 0.252. The van der Waals surface area contributed by atoms with Crippen LogP contribution in [0.3, 0.4) is 0 Å². The molecule has 0 amide bonds. The standard InChI is InChI=1S/C5H4N4/c6-2-1-5-8-3-7-4-9-5/h3-4H,1H2. The summed E-state index contributed by atoms with van der Waals surface area (Å²) in [6, 6.07) is 1.93. The number of aromatic nitrogens is 3. The second kappa shape index (κ2) is 2.72. The molecule has 0 unspecified atom stereocenters. The molecule has 0 N–H and O–H groups in total. The number of hydrogen-bond donors (Lipinski definition) is 0. The summed E-state index contributed by atoms with van der Waals surface area (Å²) >= 11 is 0. The average Bonchev–Trinajstić information content (AvgIpc) is 1.91. The molecule has 1 aromatic heterocycles. The van der Waals surface area contributed by atoms with Gasteiger partial charge < -0.3 is 0 Å². The molecule has 0 radical (unpaired) electrons. The van der Waals surface area contributed by atoms with Crippen molar-refractivity contribution in [3.05, 3.63) is 18.5 Å². The molecule has 0 spiro atoms. The van der Waals surface area contributed by atoms with E-state index in [1.807, 2.05) is 6.07 Å². The third-order valence-electron chi connectivity index (χ3n) is 0.784. The highest BCUT2D eigenvalue weighted by molar-refractivity contribution is 4.91. The van der Waals surface area contributed by atoms with Gasteiger partial charge in [-0.05, 0) is 0 Å². The van der Waals surface area contributed by atoms with Crippen molar-refractivity contribution in [2.75, 3.05) is 0 Å². The molecule has 1 aromatic rings. The summed E-state index contributed by atoms with van der Waals surface area (Å²) < 4.78 is 0. The van der Waals surface area contributed by atoms with Crippen LogP contribution in [0.1, 0.15) is 5.82 Å². The van der Waals surface area contributed by atoms with Crippen molar-refractivity contribution in [2.45, 2.75) is 6.42 Å². The molecule has 9 heavy (non-hydrogen) atoms. The highest BCUT2D eigenvalue weighted by Gasteiger charge is 1.88. The Hall–Kier alpha value is -1.50. The Kier molecular flexibility index (Phi) is 1.70. The van der Waals surface area contributed by atoms with E-state index in [0.717, 1.165) is 0 Å². The van der Waals surface area contributed by atoms with Crippen molar-refractivity contribution in [1.82, 2.24) is 15.0 Å². The molecule has 0 saturated heterocycles. The minimum atomic E-state index is 0.252. The van der Waals surface area contributed by atoms with Gasteiger partial charge in [0.2, 0.25) is 0 Å². The molecule has 0 atom stereocenters. The second-order valence-corrected chi connectivity index (χ2v) is 1.39. The van der Waals surface area contributed by atoms with E-state index in [2.05, 4.69) is 15.0 Å². The maximum Gasteiger partial charge on any atom is 0.145 e. The van der Waals surface area contributed by atoms with Crippen LogP contribution in [0.2, 0.25) is 0 Å². The second-order valence-electron chi connectivity index (χ2n) is 1.39. The van der Waals surface area contributed by atoms with Gasteiger partial charge in [0, 0.05) is 0 Å². The maximum atomic E-state index is 8.17. The fraction of sp³-hybridized carbons (Fsp3) is 0.200. The maximum absolute atomic E-state index is 8.17. The lowest BCUT2D eigenvalue weighted by Crippen LogP contribution is -1.91. The van der Waals surface area contributed by atoms with Gasteiger partial charge in [-0.15, -0.1) is 0 Å². The van der Waals surface area contributed by atoms with Crippen LogP contribution in [0, 0.1) is 11.3 Å². The lowest BCUT2D eigenvalue weighted by Gasteiger charge is -1.85. The van der Waals surface area contributed by atoms with Gasteiger partial charge in [-0.3, -0.25) is 0 Å². The highest BCUT2D eigenvalue weighted by atomic mass is 15.0. The van der Waals surface area contributed by atoms with E-state index in [4.69, 9.17) is 5.26 Å². The summed E-state index contributed by atoms with van der Waals surface area (Å²) in [5, 5.41) is 8.17. The van der Waals surface area contributed by atoms with Crippen LogP contribution in [0.4, 0.5) is 0 Å². The van der Waals surface area contributed by atoms with E-state index in [0.29, 0.717) is 5.82 Å². The third kappa shape index (κ3) is 1.46. The molecule has 0 aliphatic carbocycles. The zero-order valence-electron chi connectivity index (χ0n) is 4.65. The summed E-state index contributed by atoms with van der Waals surface area (Å²) in [6.07, 6.45) is 3.00. The first-order chi connectivity index (χ1) is 4.43. The Labute approximate surface area is 52.2 Å². The summed E-state index contributed by atoms with van der Waals surface area (Å²) in [4.78, 5) is 11.0. The molecule has 4 heteroatoms. The lowest BCUT2D eigenvalue weighted by atomic mass is 10.4. The summed E-state index contributed by atoms with van der Waals surface area (Å²) in [6.45, 7) is 0. The molecule has 0 aliphatic rings. The molecular formula is C5H4N4. The molecule has 0 bridgehead atoms.